The van der Waals surface area contributed by atoms with Crippen molar-refractivity contribution in [3.05, 3.63) is 21.9 Å². The van der Waals surface area contributed by atoms with Gasteiger partial charge in [0.15, 0.2) is 11.6 Å². The highest BCUT2D eigenvalue weighted by Crippen LogP contribution is 2.22. The van der Waals surface area contributed by atoms with E-state index in [0.717, 1.165) is 0 Å². The minimum Gasteiger partial charge on any atom is -0.380 e. The van der Waals surface area contributed by atoms with Crippen LogP contribution in [0.5, 0.6) is 0 Å². The molecular formula is C14H16ClN5O. The van der Waals surface area contributed by atoms with Crippen LogP contribution in [0.25, 0.3) is 0 Å². The summed E-state index contributed by atoms with van der Waals surface area (Å²) in [6, 6.07) is 5.38. The molecule has 0 unspecified atom stereocenters. The molecule has 0 aliphatic heterocycles. The van der Waals surface area contributed by atoms with Crippen LogP contribution in [0.15, 0.2) is 15.1 Å². The van der Waals surface area contributed by atoms with E-state index in [4.69, 9.17) is 37.6 Å². The molecule has 0 saturated carbocycles. The summed E-state index contributed by atoms with van der Waals surface area (Å²) in [6.45, 7) is 7.50. The number of allylic oxidation sites excluding steroid dienone is 2. The molecule has 0 amide bonds. The molecule has 1 aromatic heterocycles. The van der Waals surface area contributed by atoms with E-state index in [9.17, 15) is 0 Å². The number of rotatable bonds is 2. The number of nitrogens with zero attached hydrogens (tertiary/aromatic N) is 4. The molecule has 7 heteroatoms. The molecular weight excluding hydrogens is 290 g/mol. The molecule has 0 bridgehead atoms. The van der Waals surface area contributed by atoms with Gasteiger partial charge in [-0.05, 0) is 5.92 Å². The zero-order valence-electron chi connectivity index (χ0n) is 12.3. The first kappa shape index (κ1) is 18.5. The van der Waals surface area contributed by atoms with E-state index in [2.05, 4.69) is 5.16 Å². The Morgan fingerprint density at radius 2 is 1.71 bits per heavy atom. The predicted octanol–water partition coefficient (Wildman–Crippen LogP) is 3.43. The summed E-state index contributed by atoms with van der Waals surface area (Å²) in [4.78, 5) is 0. The monoisotopic (exact) mass is 305 g/mol. The van der Waals surface area contributed by atoms with E-state index in [1.165, 1.54) is 0 Å². The van der Waals surface area contributed by atoms with Gasteiger partial charge in [-0.25, -0.2) is 0 Å². The standard InChI is InChI=1S/C7H7ClN2.C7H9N3O/c1-5(2)7(8)6(3-9)4-10;1-4(2)6-5(3-8)7(9)10-11-6/h5H,1-2H3;4H,1-2H3,(H2,9,10). The van der Waals surface area contributed by atoms with Crippen molar-refractivity contribution >= 4 is 17.4 Å². The highest BCUT2D eigenvalue weighted by atomic mass is 35.5. The van der Waals surface area contributed by atoms with Crippen LogP contribution in [0.1, 0.15) is 44.9 Å². The molecule has 0 spiro atoms. The summed E-state index contributed by atoms with van der Waals surface area (Å²) in [6.07, 6.45) is 0. The second-order valence-electron chi connectivity index (χ2n) is 4.67. The van der Waals surface area contributed by atoms with E-state index < -0.39 is 0 Å². The van der Waals surface area contributed by atoms with Gasteiger partial charge in [0.25, 0.3) is 0 Å². The van der Waals surface area contributed by atoms with Gasteiger partial charge in [0.1, 0.15) is 29.3 Å². The molecule has 0 aliphatic rings. The number of nitrogen functional groups attached to an aromatic ring is 1. The van der Waals surface area contributed by atoms with Gasteiger partial charge in [-0.1, -0.05) is 44.5 Å². The second kappa shape index (κ2) is 8.64. The topological polar surface area (TPSA) is 123 Å². The summed E-state index contributed by atoms with van der Waals surface area (Å²) < 4.78 is 4.85. The van der Waals surface area contributed by atoms with Crippen LogP contribution < -0.4 is 5.73 Å². The van der Waals surface area contributed by atoms with E-state index in [-0.39, 0.29) is 23.2 Å². The van der Waals surface area contributed by atoms with Crippen molar-refractivity contribution < 1.29 is 4.52 Å². The Bertz CT molecular complexity index is 622. The summed E-state index contributed by atoms with van der Waals surface area (Å²) in [7, 11) is 0. The minimum absolute atomic E-state index is 0.0108. The Morgan fingerprint density at radius 3 is 1.95 bits per heavy atom. The molecule has 0 atom stereocenters. The maximum Gasteiger partial charge on any atom is 0.185 e. The molecule has 1 aromatic rings. The number of hydrogen-bond donors (Lipinski definition) is 1. The Balaban J connectivity index is 0.000000384. The fourth-order valence-corrected chi connectivity index (χ4v) is 1.33. The van der Waals surface area contributed by atoms with Gasteiger partial charge in [-0.3, -0.25) is 0 Å². The Kier molecular flexibility index (Phi) is 7.61. The van der Waals surface area contributed by atoms with E-state index >= 15 is 0 Å². The lowest BCUT2D eigenvalue weighted by molar-refractivity contribution is 0.373. The van der Waals surface area contributed by atoms with Crippen molar-refractivity contribution in [2.24, 2.45) is 5.92 Å². The zero-order chi connectivity index (χ0) is 16.6. The summed E-state index contributed by atoms with van der Waals surface area (Å²) in [5.41, 5.74) is 5.73. The highest BCUT2D eigenvalue weighted by molar-refractivity contribution is 6.30. The van der Waals surface area contributed by atoms with Crippen LogP contribution in [0, 0.1) is 39.9 Å². The van der Waals surface area contributed by atoms with Crippen LogP contribution in [-0.4, -0.2) is 5.16 Å². The summed E-state index contributed by atoms with van der Waals surface area (Å²) in [5, 5.41) is 29.1. The van der Waals surface area contributed by atoms with E-state index in [1.54, 1.807) is 12.1 Å². The molecule has 0 saturated heterocycles. The van der Waals surface area contributed by atoms with Crippen LogP contribution >= 0.6 is 11.6 Å². The third-order valence-electron chi connectivity index (χ3n) is 2.35. The normalized spacial score (nSPS) is 9.14. The smallest absolute Gasteiger partial charge is 0.185 e. The Labute approximate surface area is 129 Å². The lowest BCUT2D eigenvalue weighted by Crippen LogP contribution is -1.91. The fourth-order valence-electron chi connectivity index (χ4n) is 1.24. The minimum atomic E-state index is 0.0108. The summed E-state index contributed by atoms with van der Waals surface area (Å²) in [5.74, 6) is 0.937. The molecule has 6 nitrogen and oxygen atoms in total. The molecule has 21 heavy (non-hydrogen) atoms. The van der Waals surface area contributed by atoms with Crippen molar-refractivity contribution in [3.63, 3.8) is 0 Å². The van der Waals surface area contributed by atoms with E-state index in [1.807, 2.05) is 33.8 Å². The average molecular weight is 306 g/mol. The first-order valence-electron chi connectivity index (χ1n) is 6.15. The van der Waals surface area contributed by atoms with E-state index in [0.29, 0.717) is 16.4 Å². The number of hydrogen-bond acceptors (Lipinski definition) is 6. The van der Waals surface area contributed by atoms with Gasteiger partial charge >= 0.3 is 0 Å². The van der Waals surface area contributed by atoms with Crippen molar-refractivity contribution in [1.82, 2.24) is 5.16 Å². The predicted molar refractivity (Wildman–Crippen MR) is 78.7 cm³/mol. The van der Waals surface area contributed by atoms with Crippen LogP contribution in [0.2, 0.25) is 0 Å². The van der Waals surface area contributed by atoms with Gasteiger partial charge in [-0.2, -0.15) is 15.8 Å². The second-order valence-corrected chi connectivity index (χ2v) is 5.08. The largest absolute Gasteiger partial charge is 0.380 e. The SMILES string of the molecule is CC(C)C(Cl)=C(C#N)C#N.CC(C)c1onc(N)c1C#N. The molecule has 2 N–H and O–H groups in total. The third-order valence-corrected chi connectivity index (χ3v) is 2.98. The molecule has 0 radical (unpaired) electrons. The van der Waals surface area contributed by atoms with Crippen molar-refractivity contribution in [2.75, 3.05) is 5.73 Å². The Hall–Kier alpha value is -2.49. The maximum atomic E-state index is 8.61. The van der Waals surface area contributed by atoms with Crippen molar-refractivity contribution in [3.8, 4) is 18.2 Å². The first-order valence-corrected chi connectivity index (χ1v) is 6.52. The highest BCUT2D eigenvalue weighted by Gasteiger charge is 2.15. The molecule has 0 aromatic carbocycles. The number of halogens is 1. The maximum absolute atomic E-state index is 8.61. The molecule has 0 aliphatic carbocycles. The Morgan fingerprint density at radius 1 is 1.19 bits per heavy atom. The lowest BCUT2D eigenvalue weighted by Gasteiger charge is -1.99. The molecule has 0 fully saturated rings. The van der Waals surface area contributed by atoms with Crippen molar-refractivity contribution in [1.29, 1.82) is 15.8 Å². The fraction of sp³-hybridized carbons (Fsp3) is 0.429. The molecule has 1 heterocycles. The number of anilines is 1. The average Bonchev–Trinajstić information content (AvgIpc) is 2.81. The molecule has 110 valence electrons. The van der Waals surface area contributed by atoms with Crippen molar-refractivity contribution in [2.45, 2.75) is 33.6 Å². The van der Waals surface area contributed by atoms with Gasteiger partial charge in [0.05, 0.1) is 0 Å². The van der Waals surface area contributed by atoms with Gasteiger partial charge < -0.3 is 10.3 Å². The van der Waals surface area contributed by atoms with Crippen LogP contribution in [0.4, 0.5) is 5.82 Å². The summed E-state index contributed by atoms with van der Waals surface area (Å²) >= 11 is 5.62. The van der Waals surface area contributed by atoms with Crippen LogP contribution in [0.3, 0.4) is 0 Å². The first-order chi connectivity index (χ1) is 9.79. The van der Waals surface area contributed by atoms with Gasteiger partial charge in [-0.15, -0.1) is 0 Å². The van der Waals surface area contributed by atoms with Crippen LogP contribution in [-0.2, 0) is 0 Å². The quantitative estimate of drug-likeness (QED) is 0.835. The number of nitrogens with two attached hydrogens (primary N) is 1. The number of aromatic nitrogens is 1. The lowest BCUT2D eigenvalue weighted by atomic mass is 10.1. The van der Waals surface area contributed by atoms with Gasteiger partial charge in [0.2, 0.25) is 0 Å². The molecule has 1 rings (SSSR count). The zero-order valence-corrected chi connectivity index (χ0v) is 13.1. The third kappa shape index (κ3) is 5.18. The number of nitriles is 3. The van der Waals surface area contributed by atoms with Gasteiger partial charge in [0, 0.05) is 11.0 Å².